The first-order valence-corrected chi connectivity index (χ1v) is 4.24. The first kappa shape index (κ1) is 8.02. The van der Waals surface area contributed by atoms with Crippen molar-refractivity contribution in [2.24, 2.45) is 0 Å². The van der Waals surface area contributed by atoms with Crippen LogP contribution < -0.4 is 5.32 Å². The Morgan fingerprint density at radius 2 is 2.10 bits per heavy atom. The molecule has 2 nitrogen and oxygen atoms in total. The van der Waals surface area contributed by atoms with Crippen molar-refractivity contribution in [3.05, 3.63) is 0 Å². The molecule has 2 unspecified atom stereocenters. The Balaban J connectivity index is 1.92. The summed E-state index contributed by atoms with van der Waals surface area (Å²) in [6.07, 6.45) is 3.58. The Hall–Kier alpha value is -0.0800. The van der Waals surface area contributed by atoms with Gasteiger partial charge in [0.1, 0.15) is 0 Å². The summed E-state index contributed by atoms with van der Waals surface area (Å²) in [6, 6.07) is 0. The summed E-state index contributed by atoms with van der Waals surface area (Å²) in [4.78, 5) is 0. The zero-order chi connectivity index (χ0) is 7.40. The molecule has 1 heterocycles. The third-order valence-electron chi connectivity index (χ3n) is 1.86. The zero-order valence-corrected chi connectivity index (χ0v) is 6.89. The van der Waals surface area contributed by atoms with Crippen LogP contribution in [0, 0.1) is 0 Å². The highest BCUT2D eigenvalue weighted by atomic mass is 16.6. The van der Waals surface area contributed by atoms with Crippen LogP contribution >= 0.6 is 0 Å². The molecule has 0 spiro atoms. The summed E-state index contributed by atoms with van der Waals surface area (Å²) in [6.45, 7) is 6.42. The van der Waals surface area contributed by atoms with Gasteiger partial charge < -0.3 is 10.1 Å². The maximum atomic E-state index is 5.40. The molecule has 0 aromatic rings. The third kappa shape index (κ3) is 2.27. The lowest BCUT2D eigenvalue weighted by atomic mass is 10.2. The van der Waals surface area contributed by atoms with E-state index < -0.39 is 0 Å². The van der Waals surface area contributed by atoms with E-state index in [-0.39, 0.29) is 0 Å². The minimum absolute atomic E-state index is 0.528. The maximum Gasteiger partial charge on any atom is 0.0965 e. The van der Waals surface area contributed by atoms with E-state index in [2.05, 4.69) is 19.2 Å². The molecule has 0 amide bonds. The van der Waals surface area contributed by atoms with Crippen LogP contribution in [-0.2, 0) is 4.74 Å². The van der Waals surface area contributed by atoms with Gasteiger partial charge in [0.25, 0.3) is 0 Å². The molecule has 0 aromatic carbocycles. The summed E-state index contributed by atoms with van der Waals surface area (Å²) >= 11 is 0. The van der Waals surface area contributed by atoms with Gasteiger partial charge in [-0.2, -0.15) is 0 Å². The van der Waals surface area contributed by atoms with Crippen molar-refractivity contribution in [1.29, 1.82) is 0 Å². The van der Waals surface area contributed by atoms with Gasteiger partial charge in [0, 0.05) is 6.54 Å². The van der Waals surface area contributed by atoms with Gasteiger partial charge in [-0.15, -0.1) is 0 Å². The van der Waals surface area contributed by atoms with Crippen molar-refractivity contribution in [1.82, 2.24) is 5.32 Å². The van der Waals surface area contributed by atoms with Crippen LogP contribution in [-0.4, -0.2) is 25.3 Å². The minimum Gasteiger partial charge on any atom is -0.368 e. The molecule has 2 heteroatoms. The molecular weight excluding hydrogens is 126 g/mol. The fourth-order valence-electron chi connectivity index (χ4n) is 1.18. The Kier molecular flexibility index (Phi) is 3.16. The van der Waals surface area contributed by atoms with Gasteiger partial charge >= 0.3 is 0 Å². The highest BCUT2D eigenvalue weighted by molar-refractivity contribution is 4.85. The number of hydrogen-bond acceptors (Lipinski definition) is 2. The van der Waals surface area contributed by atoms with Crippen LogP contribution in [0.15, 0.2) is 0 Å². The average Bonchev–Trinajstić information content (AvgIpc) is 2.65. The van der Waals surface area contributed by atoms with E-state index in [0.717, 1.165) is 13.1 Å². The fraction of sp³-hybridized carbons (Fsp3) is 1.00. The largest absolute Gasteiger partial charge is 0.368 e. The molecular formula is C8H17NO. The Labute approximate surface area is 63.0 Å². The van der Waals surface area contributed by atoms with Crippen LogP contribution in [0.2, 0.25) is 0 Å². The molecule has 1 rings (SSSR count). The van der Waals surface area contributed by atoms with Gasteiger partial charge in [0.05, 0.1) is 12.2 Å². The molecule has 60 valence electrons. The van der Waals surface area contributed by atoms with Crippen molar-refractivity contribution in [2.45, 2.75) is 38.9 Å². The van der Waals surface area contributed by atoms with E-state index in [1.54, 1.807) is 0 Å². The standard InChI is InChI=1S/C8H17NO/c1-3-5-7-8(10-7)6-9-4-2/h7-9H,3-6H2,1-2H3. The van der Waals surface area contributed by atoms with E-state index in [9.17, 15) is 0 Å². The van der Waals surface area contributed by atoms with E-state index >= 15 is 0 Å². The predicted octanol–water partition coefficient (Wildman–Crippen LogP) is 1.16. The number of epoxide rings is 1. The van der Waals surface area contributed by atoms with E-state index in [1.165, 1.54) is 12.8 Å². The topological polar surface area (TPSA) is 24.6 Å². The van der Waals surface area contributed by atoms with E-state index in [1.807, 2.05) is 0 Å². The highest BCUT2D eigenvalue weighted by Gasteiger charge is 2.36. The maximum absolute atomic E-state index is 5.40. The van der Waals surface area contributed by atoms with Crippen LogP contribution in [0.5, 0.6) is 0 Å². The van der Waals surface area contributed by atoms with Crippen LogP contribution in [0.1, 0.15) is 26.7 Å². The van der Waals surface area contributed by atoms with Gasteiger partial charge in [-0.05, 0) is 13.0 Å². The first-order valence-electron chi connectivity index (χ1n) is 4.24. The predicted molar refractivity (Wildman–Crippen MR) is 42.1 cm³/mol. The van der Waals surface area contributed by atoms with Crippen LogP contribution in [0.4, 0.5) is 0 Å². The monoisotopic (exact) mass is 143 g/mol. The molecule has 1 fully saturated rings. The molecule has 1 saturated heterocycles. The molecule has 0 aromatic heterocycles. The van der Waals surface area contributed by atoms with Gasteiger partial charge in [0.15, 0.2) is 0 Å². The van der Waals surface area contributed by atoms with Crippen LogP contribution in [0.3, 0.4) is 0 Å². The summed E-state index contributed by atoms with van der Waals surface area (Å²) in [5, 5.41) is 3.27. The lowest BCUT2D eigenvalue weighted by molar-refractivity contribution is 0.357. The molecule has 1 aliphatic heterocycles. The molecule has 0 radical (unpaired) electrons. The summed E-state index contributed by atoms with van der Waals surface area (Å²) in [7, 11) is 0. The van der Waals surface area contributed by atoms with Crippen molar-refractivity contribution in [3.8, 4) is 0 Å². The van der Waals surface area contributed by atoms with Crippen molar-refractivity contribution < 1.29 is 4.74 Å². The lowest BCUT2D eigenvalue weighted by Gasteiger charge is -1.94. The second-order valence-electron chi connectivity index (χ2n) is 2.81. The summed E-state index contributed by atoms with van der Waals surface area (Å²) in [5.74, 6) is 0. The third-order valence-corrected chi connectivity index (χ3v) is 1.86. The molecule has 10 heavy (non-hydrogen) atoms. The van der Waals surface area contributed by atoms with Crippen molar-refractivity contribution in [2.75, 3.05) is 13.1 Å². The minimum atomic E-state index is 0.528. The summed E-state index contributed by atoms with van der Waals surface area (Å²) in [5.41, 5.74) is 0. The molecule has 1 N–H and O–H groups in total. The normalized spacial score (nSPS) is 30.6. The van der Waals surface area contributed by atoms with Gasteiger partial charge in [-0.25, -0.2) is 0 Å². The second-order valence-corrected chi connectivity index (χ2v) is 2.81. The molecule has 0 bridgehead atoms. The zero-order valence-electron chi connectivity index (χ0n) is 6.89. The van der Waals surface area contributed by atoms with Crippen molar-refractivity contribution in [3.63, 3.8) is 0 Å². The molecule has 0 saturated carbocycles. The smallest absolute Gasteiger partial charge is 0.0965 e. The molecule has 1 aliphatic rings. The van der Waals surface area contributed by atoms with E-state index in [0.29, 0.717) is 12.2 Å². The number of nitrogens with one attached hydrogen (secondary N) is 1. The second kappa shape index (κ2) is 3.94. The lowest BCUT2D eigenvalue weighted by Crippen LogP contribution is -2.20. The number of likely N-dealkylation sites (N-methyl/N-ethyl adjacent to an activating group) is 1. The SMILES string of the molecule is CCCC1OC1CNCC. The van der Waals surface area contributed by atoms with Crippen LogP contribution in [0.25, 0.3) is 0 Å². The fourth-order valence-corrected chi connectivity index (χ4v) is 1.18. The number of rotatable bonds is 5. The Bertz CT molecular complexity index is 95.3. The first-order chi connectivity index (χ1) is 4.88. The Morgan fingerprint density at radius 1 is 1.30 bits per heavy atom. The average molecular weight is 143 g/mol. The van der Waals surface area contributed by atoms with Crippen molar-refractivity contribution >= 4 is 0 Å². The molecule has 2 atom stereocenters. The number of hydrogen-bond donors (Lipinski definition) is 1. The molecule has 0 aliphatic carbocycles. The number of ether oxygens (including phenoxy) is 1. The van der Waals surface area contributed by atoms with Gasteiger partial charge in [0.2, 0.25) is 0 Å². The van der Waals surface area contributed by atoms with E-state index in [4.69, 9.17) is 4.74 Å². The highest BCUT2D eigenvalue weighted by Crippen LogP contribution is 2.25. The van der Waals surface area contributed by atoms with Gasteiger partial charge in [-0.3, -0.25) is 0 Å². The van der Waals surface area contributed by atoms with Gasteiger partial charge in [-0.1, -0.05) is 20.3 Å². The quantitative estimate of drug-likeness (QED) is 0.584. The Morgan fingerprint density at radius 3 is 2.70 bits per heavy atom. The summed E-state index contributed by atoms with van der Waals surface area (Å²) < 4.78 is 5.40.